The fourth-order valence-corrected chi connectivity index (χ4v) is 1.37. The highest BCUT2D eigenvalue weighted by molar-refractivity contribution is 6.30. The fourth-order valence-electron chi connectivity index (χ4n) is 1.14. The summed E-state index contributed by atoms with van der Waals surface area (Å²) in [7, 11) is 0. The second-order valence-electron chi connectivity index (χ2n) is 3.38. The highest BCUT2D eigenvalue weighted by Crippen LogP contribution is 2.33. The van der Waals surface area contributed by atoms with E-state index in [4.69, 9.17) is 16.3 Å². The lowest BCUT2D eigenvalue weighted by molar-refractivity contribution is -0.137. The van der Waals surface area contributed by atoms with Crippen LogP contribution in [0.4, 0.5) is 13.2 Å². The van der Waals surface area contributed by atoms with Crippen molar-refractivity contribution in [2.24, 2.45) is 0 Å². The van der Waals surface area contributed by atoms with Gasteiger partial charge in [0.05, 0.1) is 12.2 Å². The van der Waals surface area contributed by atoms with Gasteiger partial charge in [0.15, 0.2) is 0 Å². The van der Waals surface area contributed by atoms with E-state index in [2.05, 4.69) is 0 Å². The Bertz CT molecular complexity index is 350. The Morgan fingerprint density at radius 2 is 1.94 bits per heavy atom. The summed E-state index contributed by atoms with van der Waals surface area (Å²) in [6.45, 7) is 2.37. The Balaban J connectivity index is 2.82. The van der Waals surface area contributed by atoms with Crippen LogP contribution < -0.4 is 4.74 Å². The zero-order chi connectivity index (χ0) is 12.2. The van der Waals surface area contributed by atoms with E-state index in [0.717, 1.165) is 25.0 Å². The minimum atomic E-state index is -4.40. The van der Waals surface area contributed by atoms with E-state index in [1.54, 1.807) is 0 Å². The SMILES string of the molecule is CCCCOc1cc(Cl)cc(C(F)(F)F)c1. The summed E-state index contributed by atoms with van der Waals surface area (Å²) in [6.07, 6.45) is -2.67. The third-order valence-electron chi connectivity index (χ3n) is 1.97. The predicted octanol–water partition coefficient (Wildman–Crippen LogP) is 4.54. The number of hydrogen-bond acceptors (Lipinski definition) is 1. The third-order valence-corrected chi connectivity index (χ3v) is 2.18. The largest absolute Gasteiger partial charge is 0.494 e. The Kier molecular flexibility index (Phi) is 4.47. The van der Waals surface area contributed by atoms with Gasteiger partial charge in [0.1, 0.15) is 5.75 Å². The molecule has 0 aliphatic carbocycles. The van der Waals surface area contributed by atoms with Crippen LogP contribution >= 0.6 is 11.6 Å². The second kappa shape index (κ2) is 5.43. The molecule has 0 bridgehead atoms. The molecule has 1 nitrogen and oxygen atoms in total. The highest BCUT2D eigenvalue weighted by Gasteiger charge is 2.31. The molecule has 0 spiro atoms. The predicted molar refractivity (Wildman–Crippen MR) is 56.9 cm³/mol. The van der Waals surface area contributed by atoms with Gasteiger partial charge in [0.2, 0.25) is 0 Å². The molecule has 0 aliphatic rings. The van der Waals surface area contributed by atoms with E-state index in [9.17, 15) is 13.2 Å². The molecule has 0 fully saturated rings. The van der Waals surface area contributed by atoms with E-state index in [1.165, 1.54) is 6.07 Å². The maximum Gasteiger partial charge on any atom is 0.416 e. The first-order valence-electron chi connectivity index (χ1n) is 4.94. The number of hydrogen-bond donors (Lipinski definition) is 0. The lowest BCUT2D eigenvalue weighted by Crippen LogP contribution is -2.06. The topological polar surface area (TPSA) is 9.23 Å². The minimum Gasteiger partial charge on any atom is -0.494 e. The molecule has 0 amide bonds. The van der Waals surface area contributed by atoms with E-state index in [-0.39, 0.29) is 10.8 Å². The molecule has 0 atom stereocenters. The van der Waals surface area contributed by atoms with Crippen molar-refractivity contribution < 1.29 is 17.9 Å². The van der Waals surface area contributed by atoms with Crippen LogP contribution in [0.15, 0.2) is 18.2 Å². The fraction of sp³-hybridized carbons (Fsp3) is 0.455. The molecule has 5 heteroatoms. The summed E-state index contributed by atoms with van der Waals surface area (Å²) in [4.78, 5) is 0. The summed E-state index contributed by atoms with van der Waals surface area (Å²) in [5.41, 5.74) is -0.786. The first-order chi connectivity index (χ1) is 7.43. The highest BCUT2D eigenvalue weighted by atomic mass is 35.5. The quantitative estimate of drug-likeness (QED) is 0.715. The summed E-state index contributed by atoms with van der Waals surface area (Å²) in [5, 5.41) is 0.0290. The van der Waals surface area contributed by atoms with Crippen LogP contribution in [0.3, 0.4) is 0 Å². The molecule has 0 saturated heterocycles. The Hall–Kier alpha value is -0.900. The van der Waals surface area contributed by atoms with Gasteiger partial charge in [-0.05, 0) is 24.6 Å². The molecule has 0 heterocycles. The smallest absolute Gasteiger partial charge is 0.416 e. The van der Waals surface area contributed by atoms with Crippen LogP contribution in [0.1, 0.15) is 25.3 Å². The average molecular weight is 253 g/mol. The number of unbranched alkanes of at least 4 members (excludes halogenated alkanes) is 1. The van der Waals surface area contributed by atoms with Crippen molar-refractivity contribution in [3.63, 3.8) is 0 Å². The van der Waals surface area contributed by atoms with E-state index < -0.39 is 11.7 Å². The van der Waals surface area contributed by atoms with Gasteiger partial charge in [0, 0.05) is 5.02 Å². The molecule has 0 radical (unpaired) electrons. The monoisotopic (exact) mass is 252 g/mol. The van der Waals surface area contributed by atoms with Gasteiger partial charge in [-0.3, -0.25) is 0 Å². The van der Waals surface area contributed by atoms with Crippen LogP contribution in [-0.2, 0) is 6.18 Å². The Morgan fingerprint density at radius 3 is 2.50 bits per heavy atom. The molecule has 90 valence electrons. The van der Waals surface area contributed by atoms with Crippen molar-refractivity contribution in [2.75, 3.05) is 6.61 Å². The van der Waals surface area contributed by atoms with E-state index in [1.807, 2.05) is 6.92 Å². The number of rotatable bonds is 4. The number of benzene rings is 1. The third kappa shape index (κ3) is 3.93. The van der Waals surface area contributed by atoms with Crippen LogP contribution in [0.2, 0.25) is 5.02 Å². The standard InChI is InChI=1S/C11H12ClF3O/c1-2-3-4-16-10-6-8(11(13,14)15)5-9(12)7-10/h5-7H,2-4H2,1H3. The van der Waals surface area contributed by atoms with Crippen molar-refractivity contribution in [2.45, 2.75) is 25.9 Å². The molecule has 0 N–H and O–H groups in total. The molecular weight excluding hydrogens is 241 g/mol. The van der Waals surface area contributed by atoms with Gasteiger partial charge >= 0.3 is 6.18 Å². The molecule has 1 aromatic rings. The summed E-state index contributed by atoms with van der Waals surface area (Å²) >= 11 is 5.59. The van der Waals surface area contributed by atoms with Crippen LogP contribution in [0.25, 0.3) is 0 Å². The maximum absolute atomic E-state index is 12.4. The summed E-state index contributed by atoms with van der Waals surface area (Å²) in [6, 6.07) is 3.22. The van der Waals surface area contributed by atoms with Crippen molar-refractivity contribution in [3.05, 3.63) is 28.8 Å². The number of ether oxygens (including phenoxy) is 1. The molecule has 1 rings (SSSR count). The molecule has 0 aliphatic heterocycles. The van der Waals surface area contributed by atoms with Crippen molar-refractivity contribution in [1.29, 1.82) is 0 Å². The molecular formula is C11H12ClF3O. The van der Waals surface area contributed by atoms with Crippen molar-refractivity contribution >= 4 is 11.6 Å². The zero-order valence-corrected chi connectivity index (χ0v) is 9.53. The van der Waals surface area contributed by atoms with Gasteiger partial charge in [-0.1, -0.05) is 24.9 Å². The molecule has 0 unspecified atom stereocenters. The van der Waals surface area contributed by atoms with Gasteiger partial charge in [-0.2, -0.15) is 13.2 Å². The normalized spacial score (nSPS) is 11.6. The molecule has 0 saturated carbocycles. The van der Waals surface area contributed by atoms with Gasteiger partial charge < -0.3 is 4.74 Å². The Labute approximate surface area is 97.2 Å². The second-order valence-corrected chi connectivity index (χ2v) is 3.81. The van der Waals surface area contributed by atoms with Crippen molar-refractivity contribution in [1.82, 2.24) is 0 Å². The summed E-state index contributed by atoms with van der Waals surface area (Å²) in [5.74, 6) is 0.160. The molecule has 1 aromatic carbocycles. The lowest BCUT2D eigenvalue weighted by Gasteiger charge is -2.10. The van der Waals surface area contributed by atoms with Gasteiger partial charge in [-0.15, -0.1) is 0 Å². The maximum atomic E-state index is 12.4. The minimum absolute atomic E-state index is 0.0290. The lowest BCUT2D eigenvalue weighted by atomic mass is 10.2. The number of alkyl halides is 3. The van der Waals surface area contributed by atoms with Crippen LogP contribution in [-0.4, -0.2) is 6.61 Å². The number of halogens is 4. The average Bonchev–Trinajstić information content (AvgIpc) is 2.16. The van der Waals surface area contributed by atoms with Gasteiger partial charge in [0.25, 0.3) is 0 Å². The van der Waals surface area contributed by atoms with Crippen LogP contribution in [0.5, 0.6) is 5.75 Å². The Morgan fingerprint density at radius 1 is 1.25 bits per heavy atom. The van der Waals surface area contributed by atoms with Crippen molar-refractivity contribution in [3.8, 4) is 5.75 Å². The first kappa shape index (κ1) is 13.2. The first-order valence-corrected chi connectivity index (χ1v) is 5.32. The van der Waals surface area contributed by atoms with Gasteiger partial charge in [-0.25, -0.2) is 0 Å². The van der Waals surface area contributed by atoms with E-state index >= 15 is 0 Å². The molecule has 16 heavy (non-hydrogen) atoms. The van der Waals surface area contributed by atoms with E-state index in [0.29, 0.717) is 6.61 Å². The van der Waals surface area contributed by atoms with Crippen LogP contribution in [0, 0.1) is 0 Å². The molecule has 0 aromatic heterocycles. The summed E-state index contributed by atoms with van der Waals surface area (Å²) < 4.78 is 42.4. The zero-order valence-electron chi connectivity index (χ0n) is 8.77.